The normalized spacial score (nSPS) is 23.1. The van der Waals surface area contributed by atoms with Gasteiger partial charge in [-0.2, -0.15) is 0 Å². The van der Waals surface area contributed by atoms with E-state index >= 15 is 0 Å². The molecule has 23 heavy (non-hydrogen) atoms. The van der Waals surface area contributed by atoms with Crippen molar-refractivity contribution in [3.63, 3.8) is 0 Å². The van der Waals surface area contributed by atoms with Crippen molar-refractivity contribution in [3.8, 4) is 0 Å². The lowest BCUT2D eigenvalue weighted by Crippen LogP contribution is -2.36. The van der Waals surface area contributed by atoms with Gasteiger partial charge in [-0.3, -0.25) is 4.79 Å². The van der Waals surface area contributed by atoms with Crippen LogP contribution in [0.1, 0.15) is 12.8 Å². The van der Waals surface area contributed by atoms with Gasteiger partial charge in [0, 0.05) is 31.9 Å². The van der Waals surface area contributed by atoms with E-state index in [1.807, 2.05) is 12.1 Å². The predicted molar refractivity (Wildman–Crippen MR) is 95.2 cm³/mol. The van der Waals surface area contributed by atoms with Crippen molar-refractivity contribution in [2.75, 3.05) is 37.6 Å². The monoisotopic (exact) mass is 363 g/mol. The van der Waals surface area contributed by atoms with Crippen LogP contribution in [-0.4, -0.2) is 38.6 Å². The smallest absolute Gasteiger partial charge is 0.224 e. The summed E-state index contributed by atoms with van der Waals surface area (Å²) in [5.41, 5.74) is 1.06. The summed E-state index contributed by atoms with van der Waals surface area (Å²) in [5.74, 6) is 0.597. The van der Waals surface area contributed by atoms with Gasteiger partial charge in [0.05, 0.1) is 5.92 Å². The fourth-order valence-electron chi connectivity index (χ4n) is 3.15. The Morgan fingerprint density at radius 3 is 2.65 bits per heavy atom. The zero-order chi connectivity index (χ0) is 14.7. The molecular weight excluding hydrogens is 340 g/mol. The Morgan fingerprint density at radius 1 is 1.26 bits per heavy atom. The molecule has 1 aromatic rings. The largest absolute Gasteiger partial charge is 0.371 e. The Balaban J connectivity index is 0.00000132. The lowest BCUT2D eigenvalue weighted by Gasteiger charge is -2.19. The SMILES string of the molecule is Cl.Cl.O=C(NCC1CCN(c2ccc(F)cc2)C1)C1CCNC1. The molecule has 2 heterocycles. The molecule has 1 aromatic carbocycles. The summed E-state index contributed by atoms with van der Waals surface area (Å²) in [6.07, 6.45) is 2.01. The maximum absolute atomic E-state index is 12.9. The molecule has 2 aliphatic rings. The molecule has 0 bridgehead atoms. The van der Waals surface area contributed by atoms with Crippen LogP contribution < -0.4 is 15.5 Å². The van der Waals surface area contributed by atoms with Gasteiger partial charge in [-0.1, -0.05) is 0 Å². The number of carbonyl (C=O) groups excluding carboxylic acids is 1. The minimum absolute atomic E-state index is 0. The van der Waals surface area contributed by atoms with Crippen LogP contribution in [0.25, 0.3) is 0 Å². The number of hydrogen-bond acceptors (Lipinski definition) is 3. The third-order valence-corrected chi connectivity index (χ3v) is 4.47. The highest BCUT2D eigenvalue weighted by Crippen LogP contribution is 2.23. The van der Waals surface area contributed by atoms with Gasteiger partial charge < -0.3 is 15.5 Å². The van der Waals surface area contributed by atoms with Gasteiger partial charge in [-0.15, -0.1) is 24.8 Å². The van der Waals surface area contributed by atoms with E-state index < -0.39 is 0 Å². The second-order valence-corrected chi connectivity index (χ2v) is 6.01. The summed E-state index contributed by atoms with van der Waals surface area (Å²) in [5, 5.41) is 6.30. The number of nitrogens with one attached hydrogen (secondary N) is 2. The molecule has 2 saturated heterocycles. The van der Waals surface area contributed by atoms with E-state index in [1.165, 1.54) is 12.1 Å². The summed E-state index contributed by atoms with van der Waals surface area (Å²) in [6.45, 7) is 4.39. The van der Waals surface area contributed by atoms with Gasteiger partial charge in [0.2, 0.25) is 5.91 Å². The third kappa shape index (κ3) is 5.23. The lowest BCUT2D eigenvalue weighted by molar-refractivity contribution is -0.124. The highest BCUT2D eigenvalue weighted by atomic mass is 35.5. The number of nitrogens with zero attached hydrogens (tertiary/aromatic N) is 1. The standard InChI is InChI=1S/C16H22FN3O.2ClH/c17-14-1-3-15(4-2-14)20-8-6-12(11-20)9-19-16(21)13-5-7-18-10-13;;/h1-4,12-13,18H,5-11H2,(H,19,21);2*1H. The molecule has 7 heteroatoms. The van der Waals surface area contributed by atoms with Crippen molar-refractivity contribution < 1.29 is 9.18 Å². The first-order valence-electron chi connectivity index (χ1n) is 7.71. The summed E-state index contributed by atoms with van der Waals surface area (Å²) >= 11 is 0. The van der Waals surface area contributed by atoms with E-state index in [-0.39, 0.29) is 42.5 Å². The lowest BCUT2D eigenvalue weighted by atomic mass is 10.1. The van der Waals surface area contributed by atoms with Crippen molar-refractivity contribution in [1.29, 1.82) is 0 Å². The zero-order valence-electron chi connectivity index (χ0n) is 13.0. The second kappa shape index (κ2) is 9.30. The van der Waals surface area contributed by atoms with E-state index in [0.717, 1.165) is 51.3 Å². The van der Waals surface area contributed by atoms with Crippen molar-refractivity contribution >= 4 is 36.4 Å². The molecule has 0 radical (unpaired) electrons. The van der Waals surface area contributed by atoms with Crippen molar-refractivity contribution in [3.05, 3.63) is 30.1 Å². The van der Waals surface area contributed by atoms with Crippen LogP contribution in [0.15, 0.2) is 24.3 Å². The molecule has 1 amide bonds. The van der Waals surface area contributed by atoms with E-state index in [9.17, 15) is 9.18 Å². The Bertz CT molecular complexity index is 495. The van der Waals surface area contributed by atoms with Gasteiger partial charge in [-0.05, 0) is 49.6 Å². The van der Waals surface area contributed by atoms with Crippen LogP contribution in [0, 0.1) is 17.7 Å². The Morgan fingerprint density at radius 2 is 2.00 bits per heavy atom. The first-order valence-corrected chi connectivity index (χ1v) is 7.71. The summed E-state index contributed by atoms with van der Waals surface area (Å²) in [7, 11) is 0. The first-order chi connectivity index (χ1) is 10.2. The van der Waals surface area contributed by atoms with Gasteiger partial charge in [0.1, 0.15) is 5.82 Å². The fourth-order valence-corrected chi connectivity index (χ4v) is 3.15. The predicted octanol–water partition coefficient (Wildman–Crippen LogP) is 2.22. The molecule has 4 nitrogen and oxygen atoms in total. The quantitative estimate of drug-likeness (QED) is 0.861. The number of benzene rings is 1. The number of amides is 1. The highest BCUT2D eigenvalue weighted by molar-refractivity contribution is 5.85. The summed E-state index contributed by atoms with van der Waals surface area (Å²) < 4.78 is 12.9. The maximum atomic E-state index is 12.9. The molecular formula is C16H24Cl2FN3O. The molecule has 2 aliphatic heterocycles. The zero-order valence-corrected chi connectivity index (χ0v) is 14.6. The van der Waals surface area contributed by atoms with E-state index in [2.05, 4.69) is 15.5 Å². The molecule has 2 atom stereocenters. The number of hydrogen-bond donors (Lipinski definition) is 2. The number of carbonyl (C=O) groups is 1. The molecule has 2 unspecified atom stereocenters. The molecule has 0 aromatic heterocycles. The van der Waals surface area contributed by atoms with Crippen LogP contribution in [-0.2, 0) is 4.79 Å². The van der Waals surface area contributed by atoms with Crippen LogP contribution in [0.5, 0.6) is 0 Å². The minimum atomic E-state index is -0.202. The first kappa shape index (κ1) is 20.0. The minimum Gasteiger partial charge on any atom is -0.371 e. The number of rotatable bonds is 4. The molecule has 130 valence electrons. The molecule has 3 rings (SSSR count). The topological polar surface area (TPSA) is 44.4 Å². The number of halogens is 3. The van der Waals surface area contributed by atoms with Crippen molar-refractivity contribution in [2.45, 2.75) is 12.8 Å². The van der Waals surface area contributed by atoms with Gasteiger partial charge in [0.25, 0.3) is 0 Å². The fraction of sp³-hybridized carbons (Fsp3) is 0.562. The van der Waals surface area contributed by atoms with E-state index in [0.29, 0.717) is 5.92 Å². The summed E-state index contributed by atoms with van der Waals surface area (Å²) in [6, 6.07) is 6.63. The molecule has 0 spiro atoms. The average Bonchev–Trinajstić information content (AvgIpc) is 3.17. The Labute approximate surface area is 149 Å². The van der Waals surface area contributed by atoms with Crippen molar-refractivity contribution in [1.82, 2.24) is 10.6 Å². The van der Waals surface area contributed by atoms with Crippen LogP contribution in [0.3, 0.4) is 0 Å². The average molecular weight is 364 g/mol. The molecule has 0 saturated carbocycles. The highest BCUT2D eigenvalue weighted by Gasteiger charge is 2.26. The Hall–Kier alpha value is -1.04. The van der Waals surface area contributed by atoms with Gasteiger partial charge in [0.15, 0.2) is 0 Å². The van der Waals surface area contributed by atoms with Crippen LogP contribution in [0.4, 0.5) is 10.1 Å². The second-order valence-electron chi connectivity index (χ2n) is 6.01. The van der Waals surface area contributed by atoms with Gasteiger partial charge >= 0.3 is 0 Å². The molecule has 2 N–H and O–H groups in total. The van der Waals surface area contributed by atoms with Crippen LogP contribution >= 0.6 is 24.8 Å². The molecule has 0 aliphatic carbocycles. The van der Waals surface area contributed by atoms with E-state index in [4.69, 9.17) is 0 Å². The Kier molecular flexibility index (Phi) is 8.09. The van der Waals surface area contributed by atoms with Crippen molar-refractivity contribution in [2.24, 2.45) is 11.8 Å². The number of anilines is 1. The van der Waals surface area contributed by atoms with E-state index in [1.54, 1.807) is 0 Å². The maximum Gasteiger partial charge on any atom is 0.224 e. The third-order valence-electron chi connectivity index (χ3n) is 4.47. The molecule has 2 fully saturated rings. The van der Waals surface area contributed by atoms with Crippen LogP contribution in [0.2, 0.25) is 0 Å². The summed E-state index contributed by atoms with van der Waals surface area (Å²) in [4.78, 5) is 14.2. The van der Waals surface area contributed by atoms with Gasteiger partial charge in [-0.25, -0.2) is 4.39 Å².